The van der Waals surface area contributed by atoms with Crippen LogP contribution in [0.5, 0.6) is 0 Å². The fraction of sp³-hybridized carbons (Fsp3) is 0.246. The third-order valence-electron chi connectivity index (χ3n) is 12.5. The number of hydrogen-bond acceptors (Lipinski definition) is 9. The minimum Gasteiger partial charge on any atom is -0.344 e. The summed E-state index contributed by atoms with van der Waals surface area (Å²) in [5, 5.41) is 18.9. The molecule has 2 heterocycles. The number of hydrogen-bond donors (Lipinski definition) is 8. The van der Waals surface area contributed by atoms with E-state index < -0.39 is 87.6 Å². The van der Waals surface area contributed by atoms with Gasteiger partial charge in [0.25, 0.3) is 10.1 Å². The summed E-state index contributed by atoms with van der Waals surface area (Å²) in [6.45, 7) is 0. The van der Waals surface area contributed by atoms with E-state index in [1.54, 1.807) is 84.9 Å². The van der Waals surface area contributed by atoms with Crippen LogP contribution in [0.4, 0.5) is 5.69 Å². The molecule has 8 N–H and O–H groups in total. The highest BCUT2D eigenvalue weighted by atomic mass is 32.2. The molecule has 0 aliphatic carbocycles. The molecule has 2 aliphatic rings. The molecule has 18 heteroatoms. The van der Waals surface area contributed by atoms with Gasteiger partial charge >= 0.3 is 0 Å². The van der Waals surface area contributed by atoms with Gasteiger partial charge in [0.2, 0.25) is 41.4 Å². The summed E-state index contributed by atoms with van der Waals surface area (Å²) < 4.78 is 32.7. The molecule has 0 radical (unpaired) electrons. The second-order valence-electron chi connectivity index (χ2n) is 18.3. The summed E-state index contributed by atoms with van der Waals surface area (Å²) in [6, 6.07) is 43.6. The van der Waals surface area contributed by atoms with E-state index in [0.717, 1.165) is 16.7 Å². The normalized spacial score (nSPS) is 18.4. The molecule has 2 bridgehead atoms. The average Bonchev–Trinajstić information content (AvgIpc) is 3.41. The molecule has 6 aromatic carbocycles. The Morgan fingerprint density at radius 3 is 1.63 bits per heavy atom. The molecule has 0 saturated heterocycles. The zero-order valence-corrected chi connectivity index (χ0v) is 41.8. The molecule has 0 saturated carbocycles. The van der Waals surface area contributed by atoms with Crippen molar-refractivity contribution in [3.05, 3.63) is 198 Å². The molecular formula is C57H59N7O10S. The van der Waals surface area contributed by atoms with Crippen molar-refractivity contribution in [2.45, 2.75) is 81.6 Å². The van der Waals surface area contributed by atoms with Crippen LogP contribution in [-0.4, -0.2) is 90.4 Å². The molecule has 17 nitrogen and oxygen atoms in total. The van der Waals surface area contributed by atoms with Gasteiger partial charge in [-0.15, -0.1) is 0 Å². The summed E-state index contributed by atoms with van der Waals surface area (Å²) in [5.41, 5.74) is 5.54. The first-order valence-corrected chi connectivity index (χ1v) is 26.1. The lowest BCUT2D eigenvalue weighted by atomic mass is 9.98. The van der Waals surface area contributed by atoms with Gasteiger partial charge in [-0.25, -0.2) is 0 Å². The van der Waals surface area contributed by atoms with Gasteiger partial charge in [-0.2, -0.15) is 8.42 Å². The zero-order chi connectivity index (χ0) is 53.2. The van der Waals surface area contributed by atoms with E-state index in [0.29, 0.717) is 34.4 Å². The number of anilines is 1. The van der Waals surface area contributed by atoms with Crippen molar-refractivity contribution in [3.8, 4) is 11.1 Å². The molecule has 0 unspecified atom stereocenters. The van der Waals surface area contributed by atoms with E-state index in [1.807, 2.05) is 84.9 Å². The van der Waals surface area contributed by atoms with Gasteiger partial charge in [-0.1, -0.05) is 158 Å². The lowest BCUT2D eigenvalue weighted by molar-refractivity contribution is -0.135. The summed E-state index contributed by atoms with van der Waals surface area (Å²) >= 11 is 0. The fourth-order valence-corrected chi connectivity index (χ4v) is 8.84. The smallest absolute Gasteiger partial charge is 0.283 e. The number of nitrogens with one attached hydrogen (secondary N) is 7. The summed E-state index contributed by atoms with van der Waals surface area (Å²) in [4.78, 5) is 99.1. The molecule has 0 spiro atoms. The SMILES string of the molecule is O=C1CCC(=O)N[C@H](CCc2ccccc2)C(=O)N[C@@H](Cc2ccc(-c3ccccc3)cc2)C(=O)N[C@H](Cc2ccccc2)C(=O)N[C@H](C(=O)N[C@@H](Cc2ccccc2)C(=O)NCS(=O)(=O)O)Cc2ccc(cc2)N1. The summed E-state index contributed by atoms with van der Waals surface area (Å²) in [6.07, 6.45) is -0.383. The highest BCUT2D eigenvalue weighted by molar-refractivity contribution is 7.85. The van der Waals surface area contributed by atoms with Crippen molar-refractivity contribution in [2.24, 2.45) is 0 Å². The maximum Gasteiger partial charge on any atom is 0.283 e. The second kappa shape index (κ2) is 26.5. The lowest BCUT2D eigenvalue weighted by Crippen LogP contribution is -2.60. The van der Waals surface area contributed by atoms with E-state index in [-0.39, 0.29) is 44.9 Å². The van der Waals surface area contributed by atoms with Crippen LogP contribution < -0.4 is 37.2 Å². The van der Waals surface area contributed by atoms with Crippen LogP contribution in [0.25, 0.3) is 11.1 Å². The van der Waals surface area contributed by atoms with Gasteiger partial charge in [0.1, 0.15) is 36.1 Å². The molecule has 8 rings (SSSR count). The van der Waals surface area contributed by atoms with Crippen LogP contribution >= 0.6 is 0 Å². The standard InChI is InChI=1S/C57H59N7O10S/c65-51-31-32-52(66)60-46(30-25-38-13-5-1-6-14-38)54(68)62-49(35-41-21-26-44(27-22-41)43-19-11-4-12-20-43)57(71)63-48(34-40-17-9-3-10-18-40)56(70)64-50(36-42-23-28-45(59-51)29-24-42)55(69)61-47(33-39-15-7-2-8-16-39)53(67)58-37-75(72,73)74/h1-24,26-29,46-50H,25,30-37H2,(H,58,67)(H,59,65)(H,60,66)(H,61,69)(H,62,68)(H,63,71)(H,64,70)(H,72,73,74)/t46-,47+,48-,49+,50+/m1/s1. The molecule has 0 aromatic heterocycles. The van der Waals surface area contributed by atoms with E-state index in [9.17, 15) is 46.5 Å². The molecule has 75 heavy (non-hydrogen) atoms. The van der Waals surface area contributed by atoms with Crippen molar-refractivity contribution in [1.82, 2.24) is 31.9 Å². The van der Waals surface area contributed by atoms with Crippen molar-refractivity contribution >= 4 is 57.2 Å². The Balaban J connectivity index is 1.24. The van der Waals surface area contributed by atoms with Crippen molar-refractivity contribution in [2.75, 3.05) is 11.2 Å². The third kappa shape index (κ3) is 17.3. The van der Waals surface area contributed by atoms with Crippen LogP contribution in [-0.2, 0) is 75.8 Å². The molecular weight excluding hydrogens is 975 g/mol. The minimum absolute atomic E-state index is 0.0465. The largest absolute Gasteiger partial charge is 0.344 e. The lowest BCUT2D eigenvalue weighted by Gasteiger charge is -2.28. The Kier molecular flexibility index (Phi) is 19.2. The van der Waals surface area contributed by atoms with Gasteiger partial charge < -0.3 is 37.2 Å². The second-order valence-corrected chi connectivity index (χ2v) is 19.7. The molecule has 0 fully saturated rings. The number of amides is 7. The topological polar surface area (TPSA) is 258 Å². The summed E-state index contributed by atoms with van der Waals surface area (Å²) in [5.74, 6) is -6.21. The van der Waals surface area contributed by atoms with Crippen LogP contribution in [0.15, 0.2) is 170 Å². The number of benzene rings is 6. The van der Waals surface area contributed by atoms with Gasteiger partial charge in [0.05, 0.1) is 0 Å². The Morgan fingerprint density at radius 1 is 0.547 bits per heavy atom. The Morgan fingerprint density at radius 2 is 1.04 bits per heavy atom. The number of carbonyl (C=O) groups excluding carboxylic acids is 7. The number of fused-ring (bicyclic) bond motifs is 18. The molecule has 2 aliphatic heterocycles. The van der Waals surface area contributed by atoms with Gasteiger partial charge in [0.15, 0.2) is 0 Å². The monoisotopic (exact) mass is 1030 g/mol. The van der Waals surface area contributed by atoms with Gasteiger partial charge in [-0.3, -0.25) is 38.1 Å². The number of aryl methyl sites for hydroxylation is 1. The Hall–Kier alpha value is -8.48. The molecule has 6 aromatic rings. The number of carbonyl (C=O) groups is 7. The van der Waals surface area contributed by atoms with Crippen molar-refractivity contribution in [3.63, 3.8) is 0 Å². The average molecular weight is 1030 g/mol. The van der Waals surface area contributed by atoms with E-state index in [1.165, 1.54) is 0 Å². The summed E-state index contributed by atoms with van der Waals surface area (Å²) in [7, 11) is -4.65. The van der Waals surface area contributed by atoms with Crippen molar-refractivity contribution in [1.29, 1.82) is 0 Å². The van der Waals surface area contributed by atoms with E-state index >= 15 is 0 Å². The molecule has 7 amide bonds. The number of rotatable bonds is 15. The minimum atomic E-state index is -4.65. The van der Waals surface area contributed by atoms with Gasteiger partial charge in [-0.05, 0) is 63.9 Å². The Bertz CT molecular complexity index is 3020. The maximum atomic E-state index is 14.9. The predicted octanol–water partition coefficient (Wildman–Crippen LogP) is 4.37. The quantitative estimate of drug-likeness (QED) is 0.0532. The zero-order valence-electron chi connectivity index (χ0n) is 40.9. The van der Waals surface area contributed by atoms with E-state index in [4.69, 9.17) is 0 Å². The highest BCUT2D eigenvalue weighted by Crippen LogP contribution is 2.21. The van der Waals surface area contributed by atoms with Crippen LogP contribution in [0.3, 0.4) is 0 Å². The van der Waals surface area contributed by atoms with E-state index in [2.05, 4.69) is 37.2 Å². The fourth-order valence-electron chi connectivity index (χ4n) is 8.51. The van der Waals surface area contributed by atoms with Crippen molar-refractivity contribution < 1.29 is 46.5 Å². The first-order chi connectivity index (χ1) is 36.1. The first kappa shape index (κ1) is 54.3. The highest BCUT2D eigenvalue weighted by Gasteiger charge is 2.34. The maximum absolute atomic E-state index is 14.9. The Labute approximate surface area is 435 Å². The first-order valence-electron chi connectivity index (χ1n) is 24.5. The van der Waals surface area contributed by atoms with Crippen LogP contribution in [0.1, 0.15) is 47.1 Å². The molecule has 388 valence electrons. The molecule has 5 atom stereocenters. The van der Waals surface area contributed by atoms with Crippen LogP contribution in [0.2, 0.25) is 0 Å². The van der Waals surface area contributed by atoms with Crippen LogP contribution in [0, 0.1) is 0 Å². The predicted molar refractivity (Wildman–Crippen MR) is 283 cm³/mol. The third-order valence-corrected chi connectivity index (χ3v) is 13.0. The van der Waals surface area contributed by atoms with Gasteiger partial charge in [0, 0.05) is 44.2 Å².